The maximum absolute atomic E-state index is 12.1. The first kappa shape index (κ1) is 12.6. The van der Waals surface area contributed by atoms with E-state index in [2.05, 4.69) is 34.9 Å². The summed E-state index contributed by atoms with van der Waals surface area (Å²) in [5.74, 6) is 0.203. The summed E-state index contributed by atoms with van der Waals surface area (Å²) in [6.45, 7) is 4.26. The van der Waals surface area contributed by atoms with Crippen molar-refractivity contribution >= 4 is 21.7 Å². The average Bonchev–Trinajstić information content (AvgIpc) is 2.72. The van der Waals surface area contributed by atoms with Gasteiger partial charge in [0.1, 0.15) is 0 Å². The van der Waals surface area contributed by atoms with E-state index < -0.39 is 0 Å². The molecule has 0 saturated carbocycles. The molecule has 0 N–H and O–H groups in total. The number of nitrogens with zero attached hydrogens (tertiary/aromatic N) is 2. The SMILES string of the molecule is CC1(C)CC(=O)c2cnn(-c3ccc(Br)cc3)c2C1. The van der Waals surface area contributed by atoms with Crippen LogP contribution in [-0.2, 0) is 6.42 Å². The van der Waals surface area contributed by atoms with Gasteiger partial charge < -0.3 is 0 Å². The highest BCUT2D eigenvalue weighted by Crippen LogP contribution is 2.35. The van der Waals surface area contributed by atoms with Crippen molar-refractivity contribution in [1.29, 1.82) is 0 Å². The molecule has 0 radical (unpaired) electrons. The van der Waals surface area contributed by atoms with Crippen molar-refractivity contribution in [1.82, 2.24) is 9.78 Å². The third-order valence-electron chi connectivity index (χ3n) is 3.53. The van der Waals surface area contributed by atoms with Gasteiger partial charge in [-0.15, -0.1) is 0 Å². The molecule has 0 amide bonds. The van der Waals surface area contributed by atoms with Gasteiger partial charge in [0.05, 0.1) is 23.1 Å². The molecular formula is C15H15BrN2O. The van der Waals surface area contributed by atoms with E-state index in [9.17, 15) is 4.79 Å². The van der Waals surface area contributed by atoms with Crippen LogP contribution in [0.5, 0.6) is 0 Å². The lowest BCUT2D eigenvalue weighted by atomic mass is 9.76. The van der Waals surface area contributed by atoms with E-state index in [1.165, 1.54) is 0 Å². The topological polar surface area (TPSA) is 34.9 Å². The van der Waals surface area contributed by atoms with Gasteiger partial charge in [0, 0.05) is 10.9 Å². The second-order valence-electron chi connectivity index (χ2n) is 5.83. The summed E-state index contributed by atoms with van der Waals surface area (Å²) in [6.07, 6.45) is 3.19. The summed E-state index contributed by atoms with van der Waals surface area (Å²) >= 11 is 3.43. The highest BCUT2D eigenvalue weighted by atomic mass is 79.9. The first-order valence-electron chi connectivity index (χ1n) is 6.32. The molecule has 3 rings (SSSR count). The number of hydrogen-bond acceptors (Lipinski definition) is 2. The maximum atomic E-state index is 12.1. The third-order valence-corrected chi connectivity index (χ3v) is 4.05. The molecule has 1 aliphatic carbocycles. The second kappa shape index (κ2) is 4.30. The van der Waals surface area contributed by atoms with Crippen LogP contribution in [0.15, 0.2) is 34.9 Å². The number of hydrogen-bond donors (Lipinski definition) is 0. The van der Waals surface area contributed by atoms with Gasteiger partial charge in [0.15, 0.2) is 5.78 Å². The summed E-state index contributed by atoms with van der Waals surface area (Å²) in [6, 6.07) is 7.98. The number of fused-ring (bicyclic) bond motifs is 1. The standard InChI is InChI=1S/C15H15BrN2O/c1-15(2)7-13-12(14(19)8-15)9-17-18(13)11-5-3-10(16)4-6-11/h3-6,9H,7-8H2,1-2H3. The molecular weight excluding hydrogens is 304 g/mol. The Morgan fingerprint density at radius 2 is 1.89 bits per heavy atom. The normalized spacial score (nSPS) is 17.3. The number of Topliss-reactive ketones (excluding diaryl/α,β-unsaturated/α-hetero) is 1. The minimum atomic E-state index is 0.0111. The predicted molar refractivity (Wildman–Crippen MR) is 77.7 cm³/mol. The average molecular weight is 319 g/mol. The van der Waals surface area contributed by atoms with Crippen LogP contribution in [0.4, 0.5) is 0 Å². The number of benzene rings is 1. The number of rotatable bonds is 1. The van der Waals surface area contributed by atoms with Crippen molar-refractivity contribution in [2.24, 2.45) is 5.41 Å². The fourth-order valence-electron chi connectivity index (χ4n) is 2.63. The van der Waals surface area contributed by atoms with E-state index in [-0.39, 0.29) is 11.2 Å². The second-order valence-corrected chi connectivity index (χ2v) is 6.75. The molecule has 0 bridgehead atoms. The van der Waals surface area contributed by atoms with E-state index in [4.69, 9.17) is 0 Å². The number of aromatic nitrogens is 2. The molecule has 0 unspecified atom stereocenters. The zero-order valence-corrected chi connectivity index (χ0v) is 12.6. The molecule has 3 nitrogen and oxygen atoms in total. The zero-order chi connectivity index (χ0) is 13.6. The van der Waals surface area contributed by atoms with Crippen molar-refractivity contribution in [2.45, 2.75) is 26.7 Å². The van der Waals surface area contributed by atoms with E-state index in [1.807, 2.05) is 28.9 Å². The van der Waals surface area contributed by atoms with Crippen LogP contribution in [-0.4, -0.2) is 15.6 Å². The van der Waals surface area contributed by atoms with Gasteiger partial charge in [0.25, 0.3) is 0 Å². The Kier molecular flexibility index (Phi) is 2.86. The van der Waals surface area contributed by atoms with Crippen LogP contribution in [0.3, 0.4) is 0 Å². The van der Waals surface area contributed by atoms with Crippen LogP contribution in [0.1, 0.15) is 36.3 Å². The third kappa shape index (κ3) is 2.25. The molecule has 1 aliphatic rings. The smallest absolute Gasteiger partial charge is 0.166 e. The monoisotopic (exact) mass is 318 g/mol. The molecule has 0 fully saturated rings. The highest BCUT2D eigenvalue weighted by molar-refractivity contribution is 9.10. The number of carbonyl (C=O) groups is 1. The predicted octanol–water partition coefficient (Wildman–Crippen LogP) is 3.79. The molecule has 1 heterocycles. The molecule has 2 aromatic rings. The Morgan fingerprint density at radius 1 is 1.21 bits per heavy atom. The summed E-state index contributed by atoms with van der Waals surface area (Å²) in [5, 5.41) is 4.39. The van der Waals surface area contributed by atoms with Crippen molar-refractivity contribution in [3.8, 4) is 5.69 Å². The van der Waals surface area contributed by atoms with Crippen molar-refractivity contribution in [3.05, 3.63) is 46.2 Å². The van der Waals surface area contributed by atoms with Crippen LogP contribution in [0, 0.1) is 5.41 Å². The van der Waals surface area contributed by atoms with Crippen LogP contribution < -0.4 is 0 Å². The van der Waals surface area contributed by atoms with Gasteiger partial charge in [0.2, 0.25) is 0 Å². The summed E-state index contributed by atoms with van der Waals surface area (Å²) in [7, 11) is 0. The molecule has 4 heteroatoms. The Labute approximate surface area is 120 Å². The quantitative estimate of drug-likeness (QED) is 0.801. The summed E-state index contributed by atoms with van der Waals surface area (Å²) in [5.41, 5.74) is 2.82. The molecule has 0 atom stereocenters. The lowest BCUT2D eigenvalue weighted by Crippen LogP contribution is -2.27. The van der Waals surface area contributed by atoms with Crippen LogP contribution in [0.2, 0.25) is 0 Å². The van der Waals surface area contributed by atoms with Gasteiger partial charge in [-0.25, -0.2) is 4.68 Å². The van der Waals surface area contributed by atoms with Gasteiger partial charge in [-0.2, -0.15) is 5.10 Å². The van der Waals surface area contributed by atoms with E-state index >= 15 is 0 Å². The molecule has 19 heavy (non-hydrogen) atoms. The molecule has 0 saturated heterocycles. The van der Waals surface area contributed by atoms with E-state index in [0.717, 1.165) is 27.8 Å². The van der Waals surface area contributed by atoms with Gasteiger partial charge in [-0.1, -0.05) is 29.8 Å². The Morgan fingerprint density at radius 3 is 2.58 bits per heavy atom. The molecule has 98 valence electrons. The summed E-state index contributed by atoms with van der Waals surface area (Å²) in [4.78, 5) is 12.1. The molecule has 0 spiro atoms. The summed E-state index contributed by atoms with van der Waals surface area (Å²) < 4.78 is 2.93. The Hall–Kier alpha value is -1.42. The number of ketones is 1. The van der Waals surface area contributed by atoms with Crippen molar-refractivity contribution in [2.75, 3.05) is 0 Å². The number of halogens is 1. The highest BCUT2D eigenvalue weighted by Gasteiger charge is 2.33. The van der Waals surface area contributed by atoms with Crippen LogP contribution >= 0.6 is 15.9 Å². The Bertz CT molecular complexity index is 641. The van der Waals surface area contributed by atoms with E-state index in [1.54, 1.807) is 6.20 Å². The molecule has 1 aromatic carbocycles. The first-order valence-corrected chi connectivity index (χ1v) is 7.12. The van der Waals surface area contributed by atoms with Crippen molar-refractivity contribution < 1.29 is 4.79 Å². The minimum absolute atomic E-state index is 0.0111. The molecule has 1 aromatic heterocycles. The largest absolute Gasteiger partial charge is 0.294 e. The fourth-order valence-corrected chi connectivity index (χ4v) is 2.89. The van der Waals surface area contributed by atoms with Gasteiger partial charge >= 0.3 is 0 Å². The zero-order valence-electron chi connectivity index (χ0n) is 11.0. The maximum Gasteiger partial charge on any atom is 0.166 e. The van der Waals surface area contributed by atoms with Gasteiger partial charge in [-0.05, 0) is 36.1 Å². The first-order chi connectivity index (χ1) is 8.96. The lowest BCUT2D eigenvalue weighted by Gasteiger charge is -2.28. The Balaban J connectivity index is 2.11. The lowest BCUT2D eigenvalue weighted by molar-refractivity contribution is 0.0911. The van der Waals surface area contributed by atoms with Crippen LogP contribution in [0.25, 0.3) is 5.69 Å². The number of carbonyl (C=O) groups excluding carboxylic acids is 1. The molecule has 0 aliphatic heterocycles. The minimum Gasteiger partial charge on any atom is -0.294 e. The fraction of sp³-hybridized carbons (Fsp3) is 0.333. The van der Waals surface area contributed by atoms with E-state index in [0.29, 0.717) is 6.42 Å². The van der Waals surface area contributed by atoms with Gasteiger partial charge in [-0.3, -0.25) is 4.79 Å². The van der Waals surface area contributed by atoms with Crippen molar-refractivity contribution in [3.63, 3.8) is 0 Å².